The third kappa shape index (κ3) is 10.2. The fraction of sp³-hybridized carbons (Fsp3) is 0.0526. The number of anilines is 4. The molecule has 83 heavy (non-hydrogen) atoms. The molecule has 0 unspecified atom stereocenters. The molecule has 0 N–H and O–H groups in total. The molecule has 0 radical (unpaired) electrons. The van der Waals surface area contributed by atoms with Crippen LogP contribution in [0.2, 0.25) is 0 Å². The van der Waals surface area contributed by atoms with Crippen molar-refractivity contribution in [3.05, 3.63) is 297 Å². The molecule has 7 heteroatoms. The predicted octanol–water partition coefficient (Wildman–Crippen LogP) is 20.4. The zero-order valence-corrected chi connectivity index (χ0v) is 46.7. The topological polar surface area (TPSA) is 42.8 Å². The van der Waals surface area contributed by atoms with E-state index in [2.05, 4.69) is 32.9 Å². The number of para-hydroxylation sites is 4. The van der Waals surface area contributed by atoms with Gasteiger partial charge in [0.05, 0.1) is 27.4 Å². The average molecular weight is 1270 g/mol. The van der Waals surface area contributed by atoms with Crippen molar-refractivity contribution in [2.24, 2.45) is 0 Å². The molecule has 6 nitrogen and oxygen atoms in total. The molecule has 3 heterocycles. The number of benzene rings is 11. The molecule has 0 saturated carbocycles. The minimum Gasteiger partial charge on any atom is -0.509 e. The SMILES string of the molecule is [2H]c1c([2H])c([2H])c(-c2ccc3c(c2)c2ccc(Oc4[c-]c(N5[CH-]N(c6c(-c7c([2H])c([2H])c([2H])c([2H])c7[2H])cccc6-c6c([2H])c([2H])c([2H])c([2H])c6[2H])c6ccccc65)ccc4)[c-]c2n3-c2cc(Oc3c(-c4ccc(C(C)(C)C)cc4)cccc3-c3c([2H])c([2H])c([2H])c([2H])c3[2H])ccn2)c([2H])c1[2H].[Pt]. The molecule has 14 rings (SSSR count). The van der Waals surface area contributed by atoms with Gasteiger partial charge in [-0.25, -0.2) is 4.98 Å². The summed E-state index contributed by atoms with van der Waals surface area (Å²) in [4.78, 5) is 8.31. The number of pyridine rings is 1. The van der Waals surface area contributed by atoms with Gasteiger partial charge >= 0.3 is 0 Å². The Labute approximate surface area is 527 Å². The first-order valence-electron chi connectivity index (χ1n) is 36.1. The van der Waals surface area contributed by atoms with Crippen LogP contribution in [0.3, 0.4) is 0 Å². The van der Waals surface area contributed by atoms with Crippen LogP contribution in [0.4, 0.5) is 22.7 Å². The number of hydrogen-bond donors (Lipinski definition) is 0. The largest absolute Gasteiger partial charge is 0.509 e. The Balaban J connectivity index is 0.00000945. The Morgan fingerprint density at radius 2 is 1.02 bits per heavy atom. The molecule has 1 aliphatic heterocycles. The summed E-state index contributed by atoms with van der Waals surface area (Å²) in [5.41, 5.74) is 4.89. The third-order valence-electron chi connectivity index (χ3n) is 14.1. The average Bonchev–Trinajstić information content (AvgIpc) is 1.65. The van der Waals surface area contributed by atoms with Crippen LogP contribution in [-0.2, 0) is 26.5 Å². The maximum atomic E-state index is 9.13. The van der Waals surface area contributed by atoms with Gasteiger partial charge in [0.2, 0.25) is 0 Å². The standard InChI is InChI=1S/C76H55N4O2.Pt/c1-76(2,3)58-40-37-56(38-41-58)66-34-20-33-65(55-27-14-7-15-28-55)75(66)82-62-45-46-77-73(50-62)80-69-44-39-57(52-21-8-4-9-22-52)47-68(69)67-43-42-61(49-72(67)80)81-60-30-18-29-59(48-60)78-51-79(71-36-17-16-35-70(71)78)74-63(53-23-10-5-11-24-53)31-19-32-64(74)54-25-12-6-13-26-54;/h4-47,50-51H,1-3H3;/q-3;/i4D,5D,6D,7D,8D,9D,10D,11D,12D,13D,14D,15D,21D,22D,23D,24D,25D,26D,27D,28D;. The molecule has 0 bridgehead atoms. The molecule has 0 amide bonds. The Kier molecular flexibility index (Phi) is 9.28. The van der Waals surface area contributed by atoms with Crippen molar-refractivity contribution in [1.29, 1.82) is 0 Å². The van der Waals surface area contributed by atoms with Gasteiger partial charge in [0.15, 0.2) is 0 Å². The summed E-state index contributed by atoms with van der Waals surface area (Å²) < 4.78 is 191. The molecule has 13 aromatic rings. The first kappa shape index (κ1) is 34.5. The Morgan fingerprint density at radius 3 is 1.66 bits per heavy atom. The second kappa shape index (κ2) is 22.3. The van der Waals surface area contributed by atoms with Crippen LogP contribution in [-0.4, -0.2) is 9.55 Å². The van der Waals surface area contributed by atoms with Crippen molar-refractivity contribution >= 4 is 44.6 Å². The van der Waals surface area contributed by atoms with E-state index in [4.69, 9.17) is 41.9 Å². The van der Waals surface area contributed by atoms with Gasteiger partial charge in [-0.15, -0.1) is 48.1 Å². The summed E-state index contributed by atoms with van der Waals surface area (Å²) in [5.74, 6) is 1.04. The van der Waals surface area contributed by atoms with Crippen LogP contribution < -0.4 is 19.3 Å². The summed E-state index contributed by atoms with van der Waals surface area (Å²) in [6.45, 7) is 7.95. The van der Waals surface area contributed by atoms with Crippen LogP contribution >= 0.6 is 0 Å². The van der Waals surface area contributed by atoms with Gasteiger partial charge in [-0.1, -0.05) is 232 Å². The molecule has 11 aromatic carbocycles. The number of hydrogen-bond acceptors (Lipinski definition) is 5. The molecule has 404 valence electrons. The molecular formula is C76H55N4O2Pt-3. The van der Waals surface area contributed by atoms with Crippen molar-refractivity contribution in [3.8, 4) is 84.5 Å². The fourth-order valence-electron chi connectivity index (χ4n) is 10.3. The van der Waals surface area contributed by atoms with E-state index in [1.165, 1.54) is 12.3 Å². The van der Waals surface area contributed by atoms with Gasteiger partial charge in [0, 0.05) is 89.7 Å². The van der Waals surface area contributed by atoms with Gasteiger partial charge in [0.25, 0.3) is 0 Å². The van der Waals surface area contributed by atoms with E-state index in [-0.39, 0.29) is 99.9 Å². The van der Waals surface area contributed by atoms with E-state index in [1.54, 1.807) is 124 Å². The number of rotatable bonds is 12. The summed E-state index contributed by atoms with van der Waals surface area (Å²) in [6, 6.07) is 38.1. The number of nitrogens with zero attached hydrogens (tertiary/aromatic N) is 4. The summed E-state index contributed by atoms with van der Waals surface area (Å²) in [7, 11) is 0. The van der Waals surface area contributed by atoms with Gasteiger partial charge < -0.3 is 23.8 Å². The Morgan fingerprint density at radius 1 is 0.470 bits per heavy atom. The van der Waals surface area contributed by atoms with Crippen molar-refractivity contribution in [1.82, 2.24) is 9.55 Å². The van der Waals surface area contributed by atoms with E-state index in [0.717, 1.165) is 5.56 Å². The molecule has 0 aliphatic carbocycles. The fourth-order valence-corrected chi connectivity index (χ4v) is 10.3. The van der Waals surface area contributed by atoms with Crippen molar-refractivity contribution in [2.75, 3.05) is 9.80 Å². The zero-order valence-electron chi connectivity index (χ0n) is 64.4. The van der Waals surface area contributed by atoms with Crippen LogP contribution in [0.15, 0.2) is 273 Å². The van der Waals surface area contributed by atoms with E-state index in [1.807, 2.05) is 36.4 Å². The molecule has 0 spiro atoms. The number of fused-ring (bicyclic) bond motifs is 4. The minimum atomic E-state index is -0.623. The normalized spacial score (nSPS) is 15.5. The van der Waals surface area contributed by atoms with E-state index in [9.17, 15) is 0 Å². The second-order valence-corrected chi connectivity index (χ2v) is 20.2. The molecule has 1 aliphatic rings. The Bertz CT molecular complexity index is 5520. The van der Waals surface area contributed by atoms with E-state index >= 15 is 0 Å². The van der Waals surface area contributed by atoms with Crippen LogP contribution in [0.25, 0.3) is 83.3 Å². The van der Waals surface area contributed by atoms with Gasteiger partial charge in [0.1, 0.15) is 17.3 Å². The maximum absolute atomic E-state index is 9.13. The molecule has 0 fully saturated rings. The van der Waals surface area contributed by atoms with E-state index < -0.39 is 121 Å². The van der Waals surface area contributed by atoms with Crippen molar-refractivity contribution in [3.63, 3.8) is 0 Å². The smallest absolute Gasteiger partial charge is 0.143 e. The molecular weight excluding hydrogens is 1200 g/mol. The minimum absolute atomic E-state index is 0. The monoisotopic (exact) mass is 1270 g/mol. The molecule has 0 saturated heterocycles. The van der Waals surface area contributed by atoms with Crippen LogP contribution in [0, 0.1) is 18.8 Å². The summed E-state index contributed by atoms with van der Waals surface area (Å²) >= 11 is 0. The predicted molar refractivity (Wildman–Crippen MR) is 337 cm³/mol. The van der Waals surface area contributed by atoms with Crippen LogP contribution in [0.1, 0.15) is 53.7 Å². The zero-order chi connectivity index (χ0) is 72.6. The van der Waals surface area contributed by atoms with Crippen molar-refractivity contribution in [2.45, 2.75) is 26.2 Å². The van der Waals surface area contributed by atoms with Gasteiger partial charge in [-0.3, -0.25) is 0 Å². The van der Waals surface area contributed by atoms with E-state index in [0.29, 0.717) is 55.6 Å². The second-order valence-electron chi connectivity index (χ2n) is 20.2. The summed E-state index contributed by atoms with van der Waals surface area (Å²) in [5, 5.41) is 1.13. The third-order valence-corrected chi connectivity index (χ3v) is 14.1. The van der Waals surface area contributed by atoms with Gasteiger partial charge in [-0.2, -0.15) is 12.1 Å². The van der Waals surface area contributed by atoms with Crippen LogP contribution in [0.5, 0.6) is 23.0 Å². The maximum Gasteiger partial charge on any atom is 0.143 e. The molecule has 2 aromatic heterocycles. The van der Waals surface area contributed by atoms with Gasteiger partial charge in [-0.05, 0) is 74.0 Å². The van der Waals surface area contributed by atoms with Crippen molar-refractivity contribution < 1.29 is 58.0 Å². The first-order chi connectivity index (χ1) is 48.6. The summed E-state index contributed by atoms with van der Waals surface area (Å²) in [6.07, 6.45) is 1.52. The first-order valence-corrected chi connectivity index (χ1v) is 26.1. The Hall–Kier alpha value is -9.74. The number of ether oxygens (including phenoxy) is 2. The number of aromatic nitrogens is 2. The quantitative estimate of drug-likeness (QED) is 0.114. The molecule has 0 atom stereocenters.